The van der Waals surface area contributed by atoms with Gasteiger partial charge in [-0.15, -0.1) is 0 Å². The van der Waals surface area contributed by atoms with Crippen molar-refractivity contribution in [1.82, 2.24) is 0 Å². The summed E-state index contributed by atoms with van der Waals surface area (Å²) in [6.45, 7) is 3.52. The summed E-state index contributed by atoms with van der Waals surface area (Å²) in [5, 5.41) is 8.51. The van der Waals surface area contributed by atoms with Crippen LogP contribution in [0.1, 0.15) is 13.8 Å². The number of aliphatic hydroxyl groups is 1. The molecule has 0 fully saturated rings. The van der Waals surface area contributed by atoms with Gasteiger partial charge in [-0.2, -0.15) is 0 Å². The molecule has 0 bridgehead atoms. The van der Waals surface area contributed by atoms with Gasteiger partial charge in [-0.3, -0.25) is 4.79 Å². The van der Waals surface area contributed by atoms with Crippen LogP contribution in [-0.4, -0.2) is 17.5 Å². The highest BCUT2D eigenvalue weighted by molar-refractivity contribution is 5.56. The maximum absolute atomic E-state index is 9.57. The van der Waals surface area contributed by atoms with Crippen LogP contribution in [0.5, 0.6) is 0 Å². The fraction of sp³-hybridized carbons (Fsp3) is 0.800. The van der Waals surface area contributed by atoms with E-state index in [9.17, 15) is 4.79 Å². The van der Waals surface area contributed by atoms with Crippen LogP contribution in [-0.2, 0) is 4.79 Å². The predicted molar refractivity (Wildman–Crippen MR) is 26.5 cm³/mol. The van der Waals surface area contributed by atoms with Crippen molar-refractivity contribution in [3.05, 3.63) is 0 Å². The van der Waals surface area contributed by atoms with Crippen LogP contribution >= 0.6 is 0 Å². The van der Waals surface area contributed by atoms with Gasteiger partial charge in [0.25, 0.3) is 0 Å². The fourth-order valence-electron chi connectivity index (χ4n) is 0.136. The van der Waals surface area contributed by atoms with E-state index >= 15 is 0 Å². The molecule has 41 valence electrons. The van der Waals surface area contributed by atoms with Gasteiger partial charge in [0.05, 0.1) is 0 Å². The predicted octanol–water partition coefficient (Wildman–Crippen LogP) is 0.113. The molecule has 1 atom stereocenters. The number of aliphatic hydroxyl groups excluding tert-OH is 1. The Labute approximate surface area is 43.2 Å². The first-order chi connectivity index (χ1) is 3.18. The summed E-state index contributed by atoms with van der Waals surface area (Å²) in [7, 11) is 0. The first kappa shape index (κ1) is 6.63. The van der Waals surface area contributed by atoms with Gasteiger partial charge < -0.3 is 5.11 Å². The molecular weight excluding hydrogens is 92.1 g/mol. The van der Waals surface area contributed by atoms with Crippen molar-refractivity contribution in [3.8, 4) is 0 Å². The van der Waals surface area contributed by atoms with Crippen molar-refractivity contribution in [3.63, 3.8) is 0 Å². The van der Waals surface area contributed by atoms with Crippen molar-refractivity contribution in [2.45, 2.75) is 20.0 Å². The largest absolute Gasteiger partial charge is 0.385 e. The molecule has 1 N–H and O–H groups in total. The molecule has 2 nitrogen and oxygen atoms in total. The van der Waals surface area contributed by atoms with Crippen molar-refractivity contribution in [1.29, 1.82) is 0 Å². The Morgan fingerprint density at radius 1 is 1.57 bits per heavy atom. The van der Waals surface area contributed by atoms with Crippen molar-refractivity contribution in [2.24, 2.45) is 5.92 Å². The lowest BCUT2D eigenvalue weighted by Crippen LogP contribution is -2.15. The monoisotopic (exact) mass is 101 g/mol. The molecule has 1 radical (unpaired) electrons. The first-order valence-electron chi connectivity index (χ1n) is 2.24. The third-order valence-electron chi connectivity index (χ3n) is 0.752. The van der Waals surface area contributed by atoms with E-state index in [0.29, 0.717) is 0 Å². The second kappa shape index (κ2) is 2.75. The van der Waals surface area contributed by atoms with Crippen LogP contribution in [0.3, 0.4) is 0 Å². The van der Waals surface area contributed by atoms with Crippen LogP contribution in [0.4, 0.5) is 0 Å². The molecule has 0 aromatic rings. The maximum Gasteiger partial charge on any atom is 0.229 e. The van der Waals surface area contributed by atoms with E-state index < -0.39 is 6.10 Å². The molecule has 0 aliphatic rings. The Kier molecular flexibility index (Phi) is 2.60. The van der Waals surface area contributed by atoms with E-state index in [1.807, 2.05) is 0 Å². The lowest BCUT2D eigenvalue weighted by atomic mass is 10.1. The quantitative estimate of drug-likeness (QED) is 0.536. The number of hydrogen-bond acceptors (Lipinski definition) is 2. The van der Waals surface area contributed by atoms with Crippen molar-refractivity contribution < 1.29 is 9.90 Å². The van der Waals surface area contributed by atoms with Gasteiger partial charge in [0.1, 0.15) is 6.10 Å². The molecule has 0 saturated heterocycles. The lowest BCUT2D eigenvalue weighted by Gasteiger charge is -2.02. The minimum atomic E-state index is -0.903. The Bertz CT molecular complexity index is 59.1. The molecule has 0 spiro atoms. The average Bonchev–Trinajstić information content (AvgIpc) is 1.65. The van der Waals surface area contributed by atoms with Crippen molar-refractivity contribution in [2.75, 3.05) is 0 Å². The highest BCUT2D eigenvalue weighted by atomic mass is 16.3. The van der Waals surface area contributed by atoms with Crippen LogP contribution in [0.25, 0.3) is 0 Å². The van der Waals surface area contributed by atoms with Gasteiger partial charge in [0.2, 0.25) is 6.29 Å². The van der Waals surface area contributed by atoms with E-state index in [4.69, 9.17) is 5.11 Å². The summed E-state index contributed by atoms with van der Waals surface area (Å²) in [6, 6.07) is 0. The standard InChI is InChI=1S/C5H9O2/c1-4(2)5(7)3-6/h4-5,7H,1-2H3. The zero-order valence-corrected chi connectivity index (χ0v) is 4.51. The van der Waals surface area contributed by atoms with Gasteiger partial charge >= 0.3 is 0 Å². The van der Waals surface area contributed by atoms with Crippen LogP contribution in [0.15, 0.2) is 0 Å². The third kappa shape index (κ3) is 2.34. The van der Waals surface area contributed by atoms with E-state index in [1.165, 1.54) is 6.29 Å². The molecular formula is C5H9O2. The average molecular weight is 101 g/mol. The highest BCUT2D eigenvalue weighted by Gasteiger charge is 2.05. The molecule has 0 aromatic carbocycles. The fourth-order valence-corrected chi connectivity index (χ4v) is 0.136. The number of hydrogen-bond donors (Lipinski definition) is 1. The maximum atomic E-state index is 9.57. The zero-order valence-electron chi connectivity index (χ0n) is 4.51. The summed E-state index contributed by atoms with van der Waals surface area (Å²) in [4.78, 5) is 9.57. The second-order valence-electron chi connectivity index (χ2n) is 1.81. The number of rotatable bonds is 2. The Hall–Kier alpha value is -0.370. The zero-order chi connectivity index (χ0) is 5.86. The summed E-state index contributed by atoms with van der Waals surface area (Å²) in [6.07, 6.45) is 0.567. The van der Waals surface area contributed by atoms with E-state index in [2.05, 4.69) is 0 Å². The van der Waals surface area contributed by atoms with Crippen molar-refractivity contribution >= 4 is 6.29 Å². The van der Waals surface area contributed by atoms with Crippen LogP contribution in [0.2, 0.25) is 0 Å². The lowest BCUT2D eigenvalue weighted by molar-refractivity contribution is 0.185. The van der Waals surface area contributed by atoms with Gasteiger partial charge in [-0.25, -0.2) is 0 Å². The van der Waals surface area contributed by atoms with E-state index in [0.717, 1.165) is 0 Å². The molecule has 2 heteroatoms. The highest BCUT2D eigenvalue weighted by Crippen LogP contribution is 1.95. The Balaban J connectivity index is 3.33. The first-order valence-corrected chi connectivity index (χ1v) is 2.24. The molecule has 7 heavy (non-hydrogen) atoms. The molecule has 1 unspecified atom stereocenters. The summed E-state index contributed by atoms with van der Waals surface area (Å²) >= 11 is 0. The van der Waals surface area contributed by atoms with Gasteiger partial charge in [0, 0.05) is 0 Å². The molecule has 0 amide bonds. The third-order valence-corrected chi connectivity index (χ3v) is 0.752. The summed E-state index contributed by atoms with van der Waals surface area (Å²) < 4.78 is 0. The normalized spacial score (nSPS) is 14.3. The van der Waals surface area contributed by atoms with E-state index in [1.54, 1.807) is 13.8 Å². The van der Waals surface area contributed by atoms with E-state index in [-0.39, 0.29) is 5.92 Å². The SMILES string of the molecule is CC(C)C(O)[C]=O. The Morgan fingerprint density at radius 2 is 2.00 bits per heavy atom. The minimum Gasteiger partial charge on any atom is -0.385 e. The van der Waals surface area contributed by atoms with Crippen LogP contribution in [0, 0.1) is 5.92 Å². The topological polar surface area (TPSA) is 37.3 Å². The van der Waals surface area contributed by atoms with Crippen LogP contribution < -0.4 is 0 Å². The van der Waals surface area contributed by atoms with Gasteiger partial charge in [0.15, 0.2) is 0 Å². The summed E-state index contributed by atoms with van der Waals surface area (Å²) in [5.74, 6) is -0.00231. The molecule has 0 saturated carbocycles. The molecule has 0 rings (SSSR count). The van der Waals surface area contributed by atoms with Gasteiger partial charge in [-0.1, -0.05) is 13.8 Å². The molecule has 0 heterocycles. The Morgan fingerprint density at radius 3 is 2.00 bits per heavy atom. The smallest absolute Gasteiger partial charge is 0.229 e. The molecule has 0 aliphatic carbocycles. The van der Waals surface area contributed by atoms with Gasteiger partial charge in [-0.05, 0) is 5.92 Å². The summed E-state index contributed by atoms with van der Waals surface area (Å²) in [5.41, 5.74) is 0. The molecule has 0 aliphatic heterocycles. The molecule has 0 aromatic heterocycles. The number of carbonyl (C=O) groups excluding carboxylic acids is 1. The second-order valence-corrected chi connectivity index (χ2v) is 1.81. The minimum absolute atomic E-state index is 0.00231.